The molecule has 0 spiro atoms. The predicted molar refractivity (Wildman–Crippen MR) is 158 cm³/mol. The molecule has 1 atom stereocenters. The first-order valence-corrected chi connectivity index (χ1v) is 13.6. The number of anilines is 2. The average molecular weight is 542 g/mol. The molecule has 2 N–H and O–H groups in total. The largest absolute Gasteiger partial charge is 0.348 e. The molecule has 2 aliphatic rings. The Labute approximate surface area is 234 Å². The Morgan fingerprint density at radius 2 is 1.92 bits per heavy atom. The van der Waals surface area contributed by atoms with Crippen LogP contribution in [0.5, 0.6) is 0 Å². The molecule has 2 heterocycles. The highest BCUT2D eigenvalue weighted by Crippen LogP contribution is 2.25. The van der Waals surface area contributed by atoms with Crippen molar-refractivity contribution in [1.82, 2.24) is 10.2 Å². The van der Waals surface area contributed by atoms with Gasteiger partial charge in [0.25, 0.3) is 11.8 Å². The summed E-state index contributed by atoms with van der Waals surface area (Å²) in [5, 5.41) is 6.27. The molecule has 200 valence electrons. The summed E-state index contributed by atoms with van der Waals surface area (Å²) in [5.41, 5.74) is 5.92. The maximum Gasteiger partial charge on any atom is 0.255 e. The first-order valence-electron chi connectivity index (χ1n) is 13.2. The fraction of sp³-hybridized carbons (Fsp3) is 0.258. The number of carbonyl (C=O) groups is 2. The lowest BCUT2D eigenvalue weighted by Gasteiger charge is -2.25. The Hall–Kier alpha value is -3.94. The van der Waals surface area contributed by atoms with Crippen molar-refractivity contribution in [3.8, 4) is 0 Å². The summed E-state index contributed by atoms with van der Waals surface area (Å²) in [7, 11) is 2.10. The summed E-state index contributed by atoms with van der Waals surface area (Å²) >= 11 is 6.47. The van der Waals surface area contributed by atoms with Crippen molar-refractivity contribution >= 4 is 41.1 Å². The molecule has 0 aromatic heterocycles. The van der Waals surface area contributed by atoms with Gasteiger partial charge in [0, 0.05) is 42.8 Å². The maximum absolute atomic E-state index is 13.0. The minimum absolute atomic E-state index is 0.188. The summed E-state index contributed by atoms with van der Waals surface area (Å²) < 4.78 is 0. The van der Waals surface area contributed by atoms with Crippen molar-refractivity contribution in [2.24, 2.45) is 4.99 Å². The first-order chi connectivity index (χ1) is 18.9. The van der Waals surface area contributed by atoms with Crippen LogP contribution in [0.3, 0.4) is 0 Å². The van der Waals surface area contributed by atoms with Crippen LogP contribution in [0.4, 0.5) is 11.4 Å². The Bertz CT molecular complexity index is 1440. The second-order valence-electron chi connectivity index (χ2n) is 9.96. The van der Waals surface area contributed by atoms with E-state index in [0.29, 0.717) is 16.1 Å². The number of amides is 2. The number of aliphatic imine (C=N–C) groups is 1. The quantitative estimate of drug-likeness (QED) is 0.405. The molecule has 0 aliphatic carbocycles. The van der Waals surface area contributed by atoms with Crippen LogP contribution >= 0.6 is 11.6 Å². The minimum Gasteiger partial charge on any atom is -0.348 e. The zero-order valence-electron chi connectivity index (χ0n) is 22.2. The summed E-state index contributed by atoms with van der Waals surface area (Å²) in [6.07, 6.45) is 7.73. The van der Waals surface area contributed by atoms with E-state index in [2.05, 4.69) is 46.6 Å². The molecule has 2 amide bonds. The van der Waals surface area contributed by atoms with Gasteiger partial charge in [0.2, 0.25) is 0 Å². The number of hydrogen-bond donors (Lipinski definition) is 2. The topological polar surface area (TPSA) is 77.0 Å². The van der Waals surface area contributed by atoms with E-state index in [4.69, 9.17) is 11.6 Å². The van der Waals surface area contributed by atoms with Gasteiger partial charge in [-0.15, -0.1) is 0 Å². The highest BCUT2D eigenvalue weighted by molar-refractivity contribution is 6.34. The van der Waals surface area contributed by atoms with E-state index in [9.17, 15) is 9.59 Å². The molecular weight excluding hydrogens is 510 g/mol. The minimum atomic E-state index is -0.283. The molecule has 3 aromatic rings. The van der Waals surface area contributed by atoms with Crippen LogP contribution in [0.2, 0.25) is 5.02 Å². The fourth-order valence-corrected chi connectivity index (χ4v) is 5.02. The van der Waals surface area contributed by atoms with Crippen molar-refractivity contribution < 1.29 is 9.59 Å². The number of carbonyl (C=O) groups excluding carboxylic acids is 2. The number of nitrogens with one attached hydrogen (secondary N) is 2. The third-order valence-corrected chi connectivity index (χ3v) is 7.39. The number of fused-ring (bicyclic) bond motifs is 1. The van der Waals surface area contributed by atoms with E-state index in [1.807, 2.05) is 41.4 Å². The SMILES string of the molecule is CCC1C=CN(c2ccc(C(=O)NCc3cccc(C(=O)Nc4ccc5c(c4)CN(C)CC5)c3)c(Cl)c2)C=N1. The lowest BCUT2D eigenvalue weighted by Crippen LogP contribution is -2.26. The van der Waals surface area contributed by atoms with Crippen LogP contribution in [0, 0.1) is 0 Å². The van der Waals surface area contributed by atoms with Crippen molar-refractivity contribution in [2.45, 2.75) is 38.9 Å². The van der Waals surface area contributed by atoms with E-state index in [0.717, 1.165) is 42.9 Å². The third kappa shape index (κ3) is 6.38. The van der Waals surface area contributed by atoms with Crippen LogP contribution in [-0.2, 0) is 19.5 Å². The number of nitrogens with zero attached hydrogens (tertiary/aromatic N) is 3. The van der Waals surface area contributed by atoms with Crippen LogP contribution in [-0.4, -0.2) is 42.7 Å². The van der Waals surface area contributed by atoms with Gasteiger partial charge < -0.3 is 20.4 Å². The molecule has 0 radical (unpaired) electrons. The van der Waals surface area contributed by atoms with Gasteiger partial charge in [0.15, 0.2) is 0 Å². The van der Waals surface area contributed by atoms with Gasteiger partial charge in [0.1, 0.15) is 0 Å². The van der Waals surface area contributed by atoms with Gasteiger partial charge in [-0.3, -0.25) is 14.6 Å². The van der Waals surface area contributed by atoms with Gasteiger partial charge in [-0.25, -0.2) is 0 Å². The van der Waals surface area contributed by atoms with Gasteiger partial charge >= 0.3 is 0 Å². The van der Waals surface area contributed by atoms with E-state index in [1.54, 1.807) is 30.6 Å². The Morgan fingerprint density at radius 3 is 2.69 bits per heavy atom. The molecule has 0 saturated carbocycles. The van der Waals surface area contributed by atoms with E-state index in [1.165, 1.54) is 11.1 Å². The van der Waals surface area contributed by atoms with Crippen molar-refractivity contribution in [3.63, 3.8) is 0 Å². The number of benzene rings is 3. The summed E-state index contributed by atoms with van der Waals surface area (Å²) in [6.45, 7) is 4.28. The third-order valence-electron chi connectivity index (χ3n) is 7.07. The van der Waals surface area contributed by atoms with Crippen molar-refractivity contribution in [1.29, 1.82) is 0 Å². The molecule has 2 aliphatic heterocycles. The van der Waals surface area contributed by atoms with E-state index in [-0.39, 0.29) is 24.4 Å². The number of likely N-dealkylation sites (N-methyl/N-ethyl adjacent to an activating group) is 1. The average Bonchev–Trinajstić information content (AvgIpc) is 2.96. The molecule has 1 unspecified atom stereocenters. The second kappa shape index (κ2) is 11.8. The highest BCUT2D eigenvalue weighted by Gasteiger charge is 2.16. The van der Waals surface area contributed by atoms with Gasteiger partial charge in [0.05, 0.1) is 23.0 Å². The molecule has 5 rings (SSSR count). The Kier molecular flexibility index (Phi) is 8.10. The van der Waals surface area contributed by atoms with Crippen LogP contribution in [0.25, 0.3) is 0 Å². The summed E-state index contributed by atoms with van der Waals surface area (Å²) in [6, 6.07) is 18.9. The summed E-state index contributed by atoms with van der Waals surface area (Å²) in [5.74, 6) is -0.471. The van der Waals surface area contributed by atoms with Gasteiger partial charge in [-0.05, 0) is 85.1 Å². The normalized spacial score (nSPS) is 16.6. The van der Waals surface area contributed by atoms with Crippen LogP contribution in [0.15, 0.2) is 77.9 Å². The highest BCUT2D eigenvalue weighted by atomic mass is 35.5. The summed E-state index contributed by atoms with van der Waals surface area (Å²) in [4.78, 5) is 34.5. The number of rotatable bonds is 7. The lowest BCUT2D eigenvalue weighted by atomic mass is 9.99. The van der Waals surface area contributed by atoms with E-state index >= 15 is 0 Å². The molecule has 39 heavy (non-hydrogen) atoms. The molecule has 0 fully saturated rings. The smallest absolute Gasteiger partial charge is 0.255 e. The molecular formula is C31H32ClN5O2. The van der Waals surface area contributed by atoms with E-state index < -0.39 is 0 Å². The fourth-order valence-electron chi connectivity index (χ4n) is 4.76. The molecule has 3 aromatic carbocycles. The second-order valence-corrected chi connectivity index (χ2v) is 10.4. The maximum atomic E-state index is 13.0. The Balaban J connectivity index is 1.20. The van der Waals surface area contributed by atoms with Gasteiger partial charge in [-0.2, -0.15) is 0 Å². The van der Waals surface area contributed by atoms with Gasteiger partial charge in [-0.1, -0.05) is 36.7 Å². The standard InChI is InChI=1S/C31H32ClN5O2/c1-3-25-12-14-37(20-34-25)27-9-10-28(29(32)17-27)31(39)33-18-21-5-4-6-23(15-21)30(38)35-26-8-7-22-11-13-36(2)19-24(22)16-26/h4-10,12,14-17,20,25H,3,11,13,18-19H2,1-2H3,(H,33,39)(H,35,38). The lowest BCUT2D eigenvalue weighted by molar-refractivity contribution is 0.0950. The van der Waals surface area contributed by atoms with Crippen molar-refractivity contribution in [2.75, 3.05) is 23.8 Å². The first kappa shape index (κ1) is 26.7. The molecule has 0 bridgehead atoms. The monoisotopic (exact) mass is 541 g/mol. The predicted octanol–water partition coefficient (Wildman–Crippen LogP) is 5.65. The zero-order valence-corrected chi connectivity index (χ0v) is 22.9. The van der Waals surface area contributed by atoms with Crippen LogP contribution in [0.1, 0.15) is 50.8 Å². The zero-order chi connectivity index (χ0) is 27.4. The van der Waals surface area contributed by atoms with Crippen LogP contribution < -0.4 is 15.5 Å². The molecule has 0 saturated heterocycles. The number of halogens is 1. The Morgan fingerprint density at radius 1 is 1.05 bits per heavy atom. The van der Waals surface area contributed by atoms with Crippen molar-refractivity contribution in [3.05, 3.63) is 106 Å². The molecule has 7 nitrogen and oxygen atoms in total. The number of hydrogen-bond acceptors (Lipinski definition) is 5. The molecule has 8 heteroatoms.